The number of carbonyl (C=O) groups is 1. The maximum absolute atomic E-state index is 12.2. The molecule has 124 valence electrons. The fourth-order valence-corrected chi connectivity index (χ4v) is 3.31. The molecular formula is C18H25N3O2. The molecule has 3 saturated heterocycles. The van der Waals surface area contributed by atoms with Gasteiger partial charge in [0.25, 0.3) is 0 Å². The Hall–Kier alpha value is -2.01. The minimum Gasteiger partial charge on any atom is -0.489 e. The van der Waals surface area contributed by atoms with Crippen molar-refractivity contribution >= 4 is 11.7 Å². The fourth-order valence-electron chi connectivity index (χ4n) is 3.31. The highest BCUT2D eigenvalue weighted by Crippen LogP contribution is 2.27. The maximum Gasteiger partial charge on any atom is 0.319 e. The number of hydrogen-bond donors (Lipinski definition) is 2. The van der Waals surface area contributed by atoms with E-state index in [1.165, 1.54) is 25.9 Å². The number of nitrogens with zero attached hydrogens (tertiary/aromatic N) is 1. The van der Waals surface area contributed by atoms with Crippen molar-refractivity contribution in [3.8, 4) is 5.75 Å². The van der Waals surface area contributed by atoms with Crippen molar-refractivity contribution in [1.29, 1.82) is 0 Å². The smallest absolute Gasteiger partial charge is 0.319 e. The SMILES string of the molecule is C=C(C)COc1ccc(NC(=O)NC2CN3CCC2CC3)cc1. The maximum atomic E-state index is 12.2. The molecule has 4 rings (SSSR count). The second-order valence-corrected chi connectivity index (χ2v) is 6.61. The first-order chi connectivity index (χ1) is 11.1. The zero-order valence-corrected chi connectivity index (χ0v) is 13.7. The van der Waals surface area contributed by atoms with E-state index in [1.807, 2.05) is 31.2 Å². The Labute approximate surface area is 137 Å². The molecule has 5 heteroatoms. The van der Waals surface area contributed by atoms with Crippen molar-refractivity contribution in [2.24, 2.45) is 5.92 Å². The van der Waals surface area contributed by atoms with Gasteiger partial charge in [-0.2, -0.15) is 0 Å². The Bertz CT molecular complexity index is 562. The molecule has 3 aliphatic rings. The van der Waals surface area contributed by atoms with Gasteiger partial charge in [0.1, 0.15) is 12.4 Å². The molecule has 2 bridgehead atoms. The van der Waals surface area contributed by atoms with Gasteiger partial charge >= 0.3 is 6.03 Å². The lowest BCUT2D eigenvalue weighted by molar-refractivity contribution is 0.0777. The van der Waals surface area contributed by atoms with E-state index in [2.05, 4.69) is 22.1 Å². The topological polar surface area (TPSA) is 53.6 Å². The Morgan fingerprint density at radius 2 is 2.00 bits per heavy atom. The summed E-state index contributed by atoms with van der Waals surface area (Å²) in [5.41, 5.74) is 1.75. The molecule has 3 fully saturated rings. The number of urea groups is 1. The van der Waals surface area contributed by atoms with Gasteiger partial charge < -0.3 is 20.3 Å². The fraction of sp³-hybridized carbons (Fsp3) is 0.500. The van der Waals surface area contributed by atoms with E-state index in [0.717, 1.165) is 23.6 Å². The number of anilines is 1. The van der Waals surface area contributed by atoms with Gasteiger partial charge in [-0.15, -0.1) is 0 Å². The molecule has 0 aromatic heterocycles. The molecule has 23 heavy (non-hydrogen) atoms. The van der Waals surface area contributed by atoms with Crippen LogP contribution in [-0.2, 0) is 0 Å². The number of amides is 2. The van der Waals surface area contributed by atoms with Crippen LogP contribution in [0.1, 0.15) is 19.8 Å². The minimum absolute atomic E-state index is 0.126. The molecule has 1 unspecified atom stereocenters. The molecule has 5 nitrogen and oxygen atoms in total. The van der Waals surface area contributed by atoms with Crippen LogP contribution < -0.4 is 15.4 Å². The van der Waals surface area contributed by atoms with E-state index in [-0.39, 0.29) is 12.1 Å². The van der Waals surface area contributed by atoms with Gasteiger partial charge in [0, 0.05) is 18.3 Å². The van der Waals surface area contributed by atoms with E-state index in [4.69, 9.17) is 4.74 Å². The number of nitrogens with one attached hydrogen (secondary N) is 2. The van der Waals surface area contributed by atoms with Crippen LogP contribution in [0.2, 0.25) is 0 Å². The summed E-state index contributed by atoms with van der Waals surface area (Å²) < 4.78 is 5.55. The van der Waals surface area contributed by atoms with Crippen LogP contribution in [0.5, 0.6) is 5.75 Å². The van der Waals surface area contributed by atoms with Gasteiger partial charge in [0.05, 0.1) is 0 Å². The van der Waals surface area contributed by atoms with Crippen molar-refractivity contribution in [2.45, 2.75) is 25.8 Å². The summed E-state index contributed by atoms with van der Waals surface area (Å²) in [5, 5.41) is 6.02. The Morgan fingerprint density at radius 1 is 1.30 bits per heavy atom. The lowest BCUT2D eigenvalue weighted by Gasteiger charge is -2.44. The third-order valence-electron chi connectivity index (χ3n) is 4.57. The average Bonchev–Trinajstić information content (AvgIpc) is 2.55. The predicted octanol–water partition coefficient (Wildman–Crippen LogP) is 2.86. The van der Waals surface area contributed by atoms with Crippen molar-refractivity contribution in [2.75, 3.05) is 31.6 Å². The Balaban J connectivity index is 1.48. The summed E-state index contributed by atoms with van der Waals surface area (Å²) in [6.07, 6.45) is 2.39. The lowest BCUT2D eigenvalue weighted by Crippen LogP contribution is -2.57. The van der Waals surface area contributed by atoms with Gasteiger partial charge in [-0.05, 0) is 68.6 Å². The highest BCUT2D eigenvalue weighted by atomic mass is 16.5. The highest BCUT2D eigenvalue weighted by molar-refractivity contribution is 5.89. The molecule has 0 saturated carbocycles. The monoisotopic (exact) mass is 315 g/mol. The van der Waals surface area contributed by atoms with Crippen molar-refractivity contribution in [1.82, 2.24) is 10.2 Å². The Morgan fingerprint density at radius 3 is 2.57 bits per heavy atom. The molecule has 3 heterocycles. The zero-order valence-electron chi connectivity index (χ0n) is 13.7. The zero-order chi connectivity index (χ0) is 16.2. The first-order valence-corrected chi connectivity index (χ1v) is 8.27. The standard InChI is InChI=1S/C18H25N3O2/c1-13(2)12-23-16-5-3-15(4-6-16)19-18(22)20-17-11-21-9-7-14(17)8-10-21/h3-6,14,17H,1,7-12H2,2H3,(H2,19,20,22). The second-order valence-electron chi connectivity index (χ2n) is 6.61. The average molecular weight is 315 g/mol. The summed E-state index contributed by atoms with van der Waals surface area (Å²) in [6, 6.07) is 7.56. The van der Waals surface area contributed by atoms with Gasteiger partial charge in [-0.3, -0.25) is 0 Å². The molecule has 3 aliphatic heterocycles. The van der Waals surface area contributed by atoms with Crippen LogP contribution in [0.4, 0.5) is 10.5 Å². The normalized spacial score (nSPS) is 25.7. The molecule has 2 N–H and O–H groups in total. The summed E-state index contributed by atoms with van der Waals surface area (Å²) >= 11 is 0. The quantitative estimate of drug-likeness (QED) is 0.822. The summed E-state index contributed by atoms with van der Waals surface area (Å²) in [7, 11) is 0. The van der Waals surface area contributed by atoms with Gasteiger partial charge in [-0.1, -0.05) is 6.58 Å². The van der Waals surface area contributed by atoms with Crippen LogP contribution in [0.3, 0.4) is 0 Å². The van der Waals surface area contributed by atoms with E-state index in [1.54, 1.807) is 0 Å². The molecule has 0 radical (unpaired) electrons. The summed E-state index contributed by atoms with van der Waals surface area (Å²) in [6.45, 7) is 9.57. The largest absolute Gasteiger partial charge is 0.489 e. The number of rotatable bonds is 5. The summed E-state index contributed by atoms with van der Waals surface area (Å²) in [4.78, 5) is 14.6. The number of benzene rings is 1. The first kappa shape index (κ1) is 15.9. The van der Waals surface area contributed by atoms with E-state index < -0.39 is 0 Å². The number of hydrogen-bond acceptors (Lipinski definition) is 3. The molecule has 2 amide bonds. The number of piperidine rings is 3. The highest BCUT2D eigenvalue weighted by Gasteiger charge is 2.34. The lowest BCUT2D eigenvalue weighted by atomic mass is 9.84. The molecular weight excluding hydrogens is 290 g/mol. The molecule has 1 aromatic rings. The van der Waals surface area contributed by atoms with Crippen LogP contribution in [-0.4, -0.2) is 43.2 Å². The molecule has 0 aliphatic carbocycles. The minimum atomic E-state index is -0.126. The third-order valence-corrected chi connectivity index (χ3v) is 4.57. The first-order valence-electron chi connectivity index (χ1n) is 8.27. The van der Waals surface area contributed by atoms with Gasteiger partial charge in [0.2, 0.25) is 0 Å². The number of fused-ring (bicyclic) bond motifs is 3. The molecule has 0 spiro atoms. The van der Waals surface area contributed by atoms with Crippen molar-refractivity contribution in [3.05, 3.63) is 36.4 Å². The van der Waals surface area contributed by atoms with Crippen LogP contribution in [0.25, 0.3) is 0 Å². The van der Waals surface area contributed by atoms with Gasteiger partial charge in [-0.25, -0.2) is 4.79 Å². The van der Waals surface area contributed by atoms with Crippen LogP contribution >= 0.6 is 0 Å². The van der Waals surface area contributed by atoms with Gasteiger partial charge in [0.15, 0.2) is 0 Å². The number of ether oxygens (including phenoxy) is 1. The molecule has 1 aromatic carbocycles. The van der Waals surface area contributed by atoms with Crippen LogP contribution in [0, 0.1) is 5.92 Å². The van der Waals surface area contributed by atoms with E-state index >= 15 is 0 Å². The van der Waals surface area contributed by atoms with Crippen LogP contribution in [0.15, 0.2) is 36.4 Å². The summed E-state index contributed by atoms with van der Waals surface area (Å²) in [5.74, 6) is 1.40. The Kier molecular flexibility index (Phi) is 4.86. The second kappa shape index (κ2) is 7.04. The van der Waals surface area contributed by atoms with E-state index in [0.29, 0.717) is 12.5 Å². The number of carbonyl (C=O) groups excluding carboxylic acids is 1. The van der Waals surface area contributed by atoms with E-state index in [9.17, 15) is 4.79 Å². The van der Waals surface area contributed by atoms with Crippen molar-refractivity contribution < 1.29 is 9.53 Å². The molecule has 1 atom stereocenters. The predicted molar refractivity (Wildman–Crippen MR) is 91.9 cm³/mol. The third kappa shape index (κ3) is 4.26. The van der Waals surface area contributed by atoms with Crippen molar-refractivity contribution in [3.63, 3.8) is 0 Å².